The molecule has 3 heterocycles. The van der Waals surface area contributed by atoms with Crippen LogP contribution >= 0.6 is 0 Å². The lowest BCUT2D eigenvalue weighted by molar-refractivity contribution is 0.102. The summed E-state index contributed by atoms with van der Waals surface area (Å²) < 4.78 is 11.7. The summed E-state index contributed by atoms with van der Waals surface area (Å²) in [6.07, 6.45) is 15.3. The minimum Gasteiger partial charge on any atom is -0.494 e. The molecule has 0 radical (unpaired) electrons. The number of anilines is 1. The number of furan rings is 1. The van der Waals surface area contributed by atoms with E-state index >= 15 is 0 Å². The van der Waals surface area contributed by atoms with Crippen molar-refractivity contribution in [2.45, 2.75) is 70.8 Å². The molecule has 1 atom stereocenters. The second-order valence-corrected chi connectivity index (χ2v) is 10.2. The van der Waals surface area contributed by atoms with Gasteiger partial charge in [0.25, 0.3) is 5.91 Å². The van der Waals surface area contributed by atoms with E-state index in [0.717, 1.165) is 54.0 Å². The van der Waals surface area contributed by atoms with Crippen molar-refractivity contribution in [1.29, 1.82) is 0 Å². The molecule has 3 aromatic rings. The van der Waals surface area contributed by atoms with Crippen molar-refractivity contribution < 1.29 is 13.9 Å². The zero-order valence-corrected chi connectivity index (χ0v) is 21.4. The van der Waals surface area contributed by atoms with Gasteiger partial charge in [0.15, 0.2) is 0 Å². The molecule has 5 rings (SSSR count). The highest BCUT2D eigenvalue weighted by atomic mass is 16.5. The molecular weight excluding hydrogens is 448 g/mol. The highest BCUT2D eigenvalue weighted by Crippen LogP contribution is 2.37. The normalized spacial score (nSPS) is 17.7. The molecule has 1 unspecified atom stereocenters. The van der Waals surface area contributed by atoms with Gasteiger partial charge >= 0.3 is 0 Å². The van der Waals surface area contributed by atoms with Crippen LogP contribution in [0.1, 0.15) is 80.6 Å². The van der Waals surface area contributed by atoms with E-state index in [1.54, 1.807) is 0 Å². The van der Waals surface area contributed by atoms with Gasteiger partial charge in [0.2, 0.25) is 0 Å². The van der Waals surface area contributed by atoms with E-state index < -0.39 is 0 Å². The number of nitrogens with one attached hydrogen (secondary N) is 1. The van der Waals surface area contributed by atoms with Crippen molar-refractivity contribution in [3.05, 3.63) is 65.9 Å². The molecule has 1 amide bonds. The second kappa shape index (κ2) is 11.8. The largest absolute Gasteiger partial charge is 0.494 e. The molecule has 5 nitrogen and oxygen atoms in total. The smallest absolute Gasteiger partial charge is 0.255 e. The van der Waals surface area contributed by atoms with Crippen LogP contribution in [0.3, 0.4) is 0 Å². The van der Waals surface area contributed by atoms with Crippen molar-refractivity contribution in [2.24, 2.45) is 0 Å². The van der Waals surface area contributed by atoms with Crippen LogP contribution in [0, 0.1) is 0 Å². The van der Waals surface area contributed by atoms with Crippen LogP contribution in [-0.4, -0.2) is 36.5 Å². The molecule has 36 heavy (non-hydrogen) atoms. The van der Waals surface area contributed by atoms with Gasteiger partial charge in [-0.15, -0.1) is 0 Å². The highest BCUT2D eigenvalue weighted by Gasteiger charge is 2.29. The first-order valence-corrected chi connectivity index (χ1v) is 13.7. The maximum atomic E-state index is 12.9. The van der Waals surface area contributed by atoms with Crippen molar-refractivity contribution >= 4 is 28.1 Å². The Kier molecular flexibility index (Phi) is 8.07. The monoisotopic (exact) mass is 486 g/mol. The summed E-state index contributed by atoms with van der Waals surface area (Å²) >= 11 is 0. The average Bonchev–Trinajstić information content (AvgIpc) is 3.55. The van der Waals surface area contributed by atoms with Crippen molar-refractivity contribution in [3.8, 4) is 5.75 Å². The molecule has 1 fully saturated rings. The summed E-state index contributed by atoms with van der Waals surface area (Å²) in [5.74, 6) is 0.687. The fourth-order valence-electron chi connectivity index (χ4n) is 5.48. The summed E-state index contributed by atoms with van der Waals surface area (Å²) in [4.78, 5) is 15.5. The number of fused-ring (bicyclic) bond motifs is 2. The summed E-state index contributed by atoms with van der Waals surface area (Å²) in [5.41, 5.74) is 4.75. The van der Waals surface area contributed by atoms with Crippen LogP contribution in [0.5, 0.6) is 5.75 Å². The Labute approximate surface area is 214 Å². The SMILES string of the molecule is CCCCCCCCOc1ccc(C(=O)Nc2ccc3occ(C4=CCN5CCCC5C4)c3c2)cc1. The first-order chi connectivity index (χ1) is 17.7. The van der Waals surface area contributed by atoms with Gasteiger partial charge in [-0.05, 0) is 80.3 Å². The van der Waals surface area contributed by atoms with E-state index in [1.165, 1.54) is 57.1 Å². The van der Waals surface area contributed by atoms with Gasteiger partial charge < -0.3 is 14.5 Å². The van der Waals surface area contributed by atoms with Gasteiger partial charge in [0, 0.05) is 34.8 Å². The Morgan fingerprint density at radius 1 is 1.08 bits per heavy atom. The Hall–Kier alpha value is -3.05. The second-order valence-electron chi connectivity index (χ2n) is 10.2. The van der Waals surface area contributed by atoms with E-state index in [4.69, 9.17) is 9.15 Å². The maximum absolute atomic E-state index is 12.9. The molecule has 5 heteroatoms. The summed E-state index contributed by atoms with van der Waals surface area (Å²) in [7, 11) is 0. The Balaban J connectivity index is 1.18. The zero-order chi connectivity index (χ0) is 24.7. The third kappa shape index (κ3) is 5.84. The first-order valence-electron chi connectivity index (χ1n) is 13.7. The Morgan fingerprint density at radius 2 is 1.92 bits per heavy atom. The maximum Gasteiger partial charge on any atom is 0.255 e. The number of ether oxygens (including phenoxy) is 1. The van der Waals surface area contributed by atoms with E-state index in [-0.39, 0.29) is 5.91 Å². The molecule has 0 bridgehead atoms. The molecule has 2 aliphatic heterocycles. The quantitative estimate of drug-likeness (QED) is 0.282. The number of benzene rings is 2. The third-order valence-corrected chi connectivity index (χ3v) is 7.59. The molecule has 1 N–H and O–H groups in total. The molecule has 1 aromatic heterocycles. The van der Waals surface area contributed by atoms with E-state index in [9.17, 15) is 4.79 Å². The summed E-state index contributed by atoms with van der Waals surface area (Å²) in [6.45, 7) is 5.18. The molecule has 0 aliphatic carbocycles. The van der Waals surface area contributed by atoms with Gasteiger partial charge in [0.05, 0.1) is 12.9 Å². The predicted octanol–water partition coefficient (Wildman–Crippen LogP) is 7.68. The average molecular weight is 487 g/mol. The molecular formula is C31H38N2O3. The molecule has 0 saturated carbocycles. The van der Waals surface area contributed by atoms with Crippen molar-refractivity contribution in [1.82, 2.24) is 4.90 Å². The van der Waals surface area contributed by atoms with E-state index in [2.05, 4.69) is 23.2 Å². The number of carbonyl (C=O) groups is 1. The van der Waals surface area contributed by atoms with Gasteiger partial charge in [-0.2, -0.15) is 0 Å². The summed E-state index contributed by atoms with van der Waals surface area (Å²) in [5, 5.41) is 4.11. The van der Waals surface area contributed by atoms with Crippen LogP contribution in [0.25, 0.3) is 16.5 Å². The lowest BCUT2D eigenvalue weighted by atomic mass is 9.94. The molecule has 0 spiro atoms. The minimum atomic E-state index is -0.125. The number of hydrogen-bond acceptors (Lipinski definition) is 4. The van der Waals surface area contributed by atoms with E-state index in [0.29, 0.717) is 11.6 Å². The topological polar surface area (TPSA) is 54.7 Å². The standard InChI is InChI=1S/C31H38N2O3/c1-2-3-4-5-6-7-19-35-27-13-10-23(11-14-27)31(34)32-25-12-15-30-28(21-25)29(22-36-30)24-16-18-33-17-8-9-26(33)20-24/h10-16,21-22,26H,2-9,17-20H2,1H3,(H,32,34). The highest BCUT2D eigenvalue weighted by molar-refractivity contribution is 6.05. The van der Waals surface area contributed by atoms with Crippen LogP contribution < -0.4 is 10.1 Å². The first kappa shape index (κ1) is 24.6. The number of rotatable bonds is 11. The number of nitrogens with zero attached hydrogens (tertiary/aromatic N) is 1. The Morgan fingerprint density at radius 3 is 2.78 bits per heavy atom. The number of unbranched alkanes of at least 4 members (excludes halogenated alkanes) is 5. The van der Waals surface area contributed by atoms with Crippen LogP contribution in [-0.2, 0) is 0 Å². The molecule has 1 saturated heterocycles. The number of hydrogen-bond donors (Lipinski definition) is 1. The predicted molar refractivity (Wildman–Crippen MR) is 147 cm³/mol. The number of carbonyl (C=O) groups excluding carboxylic acids is 1. The summed E-state index contributed by atoms with van der Waals surface area (Å²) in [6, 6.07) is 13.9. The molecule has 190 valence electrons. The van der Waals surface area contributed by atoms with Crippen molar-refractivity contribution in [2.75, 3.05) is 25.0 Å². The van der Waals surface area contributed by atoms with Crippen LogP contribution in [0.4, 0.5) is 5.69 Å². The van der Waals surface area contributed by atoms with Gasteiger partial charge in [-0.1, -0.05) is 45.1 Å². The fraction of sp³-hybridized carbons (Fsp3) is 0.452. The van der Waals surface area contributed by atoms with Crippen LogP contribution in [0.15, 0.2) is 59.2 Å². The lowest BCUT2D eigenvalue weighted by Crippen LogP contribution is -2.32. The van der Waals surface area contributed by atoms with E-state index in [1.807, 2.05) is 48.7 Å². The molecule has 2 aliphatic rings. The van der Waals surface area contributed by atoms with Gasteiger partial charge in [-0.3, -0.25) is 9.69 Å². The third-order valence-electron chi connectivity index (χ3n) is 7.59. The zero-order valence-electron chi connectivity index (χ0n) is 21.4. The van der Waals surface area contributed by atoms with Crippen molar-refractivity contribution in [3.63, 3.8) is 0 Å². The van der Waals surface area contributed by atoms with Gasteiger partial charge in [0.1, 0.15) is 11.3 Å². The van der Waals surface area contributed by atoms with Crippen LogP contribution in [0.2, 0.25) is 0 Å². The minimum absolute atomic E-state index is 0.125. The number of amides is 1. The molecule has 2 aromatic carbocycles. The Bertz CT molecular complexity index is 1190. The lowest BCUT2D eigenvalue weighted by Gasteiger charge is -2.28. The fourth-order valence-corrected chi connectivity index (χ4v) is 5.48. The van der Waals surface area contributed by atoms with Gasteiger partial charge in [-0.25, -0.2) is 0 Å².